The molecule has 2 aromatic rings. The highest BCUT2D eigenvalue weighted by molar-refractivity contribution is 5.98. The van der Waals surface area contributed by atoms with E-state index >= 15 is 0 Å². The first-order valence-electron chi connectivity index (χ1n) is 9.02. The van der Waals surface area contributed by atoms with Gasteiger partial charge in [-0.3, -0.25) is 9.59 Å². The predicted octanol–water partition coefficient (Wildman–Crippen LogP) is 2.31. The molecule has 4 N–H and O–H groups in total. The van der Waals surface area contributed by atoms with E-state index in [2.05, 4.69) is 10.6 Å². The van der Waals surface area contributed by atoms with Crippen LogP contribution in [0.25, 0.3) is 0 Å². The second-order valence-corrected chi connectivity index (χ2v) is 6.40. The van der Waals surface area contributed by atoms with Crippen LogP contribution in [0.15, 0.2) is 48.5 Å². The molecule has 7 nitrogen and oxygen atoms in total. The van der Waals surface area contributed by atoms with E-state index in [-0.39, 0.29) is 12.5 Å². The molecule has 2 atom stereocenters. The van der Waals surface area contributed by atoms with Crippen molar-refractivity contribution in [3.05, 3.63) is 65.2 Å². The summed E-state index contributed by atoms with van der Waals surface area (Å²) >= 11 is 0. The normalized spacial score (nSPS) is 12.6. The number of esters is 1. The Morgan fingerprint density at radius 3 is 2.21 bits per heavy atom. The van der Waals surface area contributed by atoms with Crippen LogP contribution in [0.1, 0.15) is 41.4 Å². The van der Waals surface area contributed by atoms with Gasteiger partial charge in [0.2, 0.25) is 5.91 Å². The van der Waals surface area contributed by atoms with Gasteiger partial charge in [-0.25, -0.2) is 4.79 Å². The number of benzene rings is 2. The van der Waals surface area contributed by atoms with Crippen molar-refractivity contribution in [2.45, 2.75) is 32.9 Å². The van der Waals surface area contributed by atoms with Crippen molar-refractivity contribution in [1.29, 1.82) is 0 Å². The lowest BCUT2D eigenvalue weighted by molar-refractivity contribution is -0.144. The van der Waals surface area contributed by atoms with Gasteiger partial charge in [-0.15, -0.1) is 0 Å². The summed E-state index contributed by atoms with van der Waals surface area (Å²) in [5.74, 6) is -1.25. The van der Waals surface area contributed by atoms with E-state index in [4.69, 9.17) is 10.5 Å². The van der Waals surface area contributed by atoms with E-state index in [1.807, 2.05) is 31.2 Å². The molecule has 2 unspecified atom stereocenters. The fourth-order valence-corrected chi connectivity index (χ4v) is 2.46. The summed E-state index contributed by atoms with van der Waals surface area (Å²) in [6.07, 6.45) is 0. The van der Waals surface area contributed by atoms with E-state index in [1.165, 1.54) is 0 Å². The van der Waals surface area contributed by atoms with E-state index in [0.29, 0.717) is 16.8 Å². The molecule has 0 aliphatic carbocycles. The highest BCUT2D eigenvalue weighted by Crippen LogP contribution is 2.15. The molecular formula is C21H25N3O4. The maximum Gasteiger partial charge on any atom is 0.328 e. The van der Waals surface area contributed by atoms with Crippen molar-refractivity contribution in [1.82, 2.24) is 5.32 Å². The molecule has 2 amide bonds. The van der Waals surface area contributed by atoms with Gasteiger partial charge in [0.1, 0.15) is 12.1 Å². The Bertz CT molecular complexity index is 832. The first kappa shape index (κ1) is 21.1. The number of rotatable bonds is 7. The minimum absolute atomic E-state index is 0.248. The van der Waals surface area contributed by atoms with Gasteiger partial charge in [0.05, 0.1) is 6.61 Å². The molecule has 2 aromatic carbocycles. The highest BCUT2D eigenvalue weighted by atomic mass is 16.5. The maximum atomic E-state index is 12.3. The van der Waals surface area contributed by atoms with Gasteiger partial charge in [0.15, 0.2) is 0 Å². The lowest BCUT2D eigenvalue weighted by Gasteiger charge is -2.14. The SMILES string of the molecule is CCOC(=O)C(C)NC(=O)c1ccc(NC(=O)C(N)c2ccc(C)cc2)cc1. The molecule has 0 aliphatic heterocycles. The highest BCUT2D eigenvalue weighted by Gasteiger charge is 2.18. The van der Waals surface area contributed by atoms with Crippen molar-refractivity contribution >= 4 is 23.5 Å². The average Bonchev–Trinajstić information content (AvgIpc) is 2.68. The fourth-order valence-electron chi connectivity index (χ4n) is 2.46. The zero-order chi connectivity index (χ0) is 20.7. The molecule has 0 saturated heterocycles. The monoisotopic (exact) mass is 383 g/mol. The summed E-state index contributed by atoms with van der Waals surface area (Å²) in [5.41, 5.74) is 8.68. The van der Waals surface area contributed by atoms with Crippen molar-refractivity contribution in [3.63, 3.8) is 0 Å². The molecule has 7 heteroatoms. The van der Waals surface area contributed by atoms with Crippen LogP contribution in [0.2, 0.25) is 0 Å². The lowest BCUT2D eigenvalue weighted by atomic mass is 10.1. The van der Waals surface area contributed by atoms with E-state index in [0.717, 1.165) is 5.56 Å². The first-order chi connectivity index (χ1) is 13.3. The van der Waals surface area contributed by atoms with Crippen molar-refractivity contribution in [2.24, 2.45) is 5.73 Å². The van der Waals surface area contributed by atoms with Gasteiger partial charge >= 0.3 is 5.97 Å². The van der Waals surface area contributed by atoms with Crippen LogP contribution >= 0.6 is 0 Å². The summed E-state index contributed by atoms with van der Waals surface area (Å²) in [5, 5.41) is 5.29. The van der Waals surface area contributed by atoms with Crippen LogP contribution in [0, 0.1) is 6.92 Å². The smallest absolute Gasteiger partial charge is 0.328 e. The maximum absolute atomic E-state index is 12.3. The lowest BCUT2D eigenvalue weighted by Crippen LogP contribution is -2.39. The summed E-state index contributed by atoms with van der Waals surface area (Å²) in [4.78, 5) is 36.1. The van der Waals surface area contributed by atoms with Crippen LogP contribution in [-0.4, -0.2) is 30.4 Å². The number of carbonyl (C=O) groups is 3. The number of nitrogens with one attached hydrogen (secondary N) is 2. The number of nitrogens with two attached hydrogens (primary N) is 1. The molecule has 0 aromatic heterocycles. The van der Waals surface area contributed by atoms with Gasteiger partial charge in [0, 0.05) is 11.3 Å². The van der Waals surface area contributed by atoms with Crippen molar-refractivity contribution in [3.8, 4) is 0 Å². The van der Waals surface area contributed by atoms with Crippen LogP contribution < -0.4 is 16.4 Å². The Morgan fingerprint density at radius 1 is 1.04 bits per heavy atom. The van der Waals surface area contributed by atoms with Gasteiger partial charge in [0.25, 0.3) is 5.91 Å². The Morgan fingerprint density at radius 2 is 1.64 bits per heavy atom. The summed E-state index contributed by atoms with van der Waals surface area (Å²) in [6.45, 7) is 5.46. The van der Waals surface area contributed by atoms with Crippen LogP contribution in [0.3, 0.4) is 0 Å². The Hall–Kier alpha value is -3.19. The number of amides is 2. The molecule has 2 rings (SSSR count). The number of aryl methyl sites for hydroxylation is 1. The molecule has 0 heterocycles. The molecule has 148 valence electrons. The zero-order valence-electron chi connectivity index (χ0n) is 16.2. The standard InChI is InChI=1S/C21H25N3O4/c1-4-28-21(27)14(3)23-19(25)16-9-11-17(12-10-16)24-20(26)18(22)15-7-5-13(2)6-8-15/h5-12,14,18H,4,22H2,1-3H3,(H,23,25)(H,24,26). The van der Waals surface area contributed by atoms with Gasteiger partial charge in [-0.2, -0.15) is 0 Å². The Kier molecular flexibility index (Phi) is 7.28. The first-order valence-corrected chi connectivity index (χ1v) is 9.02. The molecule has 0 spiro atoms. The molecule has 0 saturated carbocycles. The van der Waals surface area contributed by atoms with Gasteiger partial charge in [-0.05, 0) is 50.6 Å². The third kappa shape index (κ3) is 5.65. The fraction of sp³-hybridized carbons (Fsp3) is 0.286. The summed E-state index contributed by atoms with van der Waals surface area (Å²) in [7, 11) is 0. The molecule has 0 radical (unpaired) electrons. The predicted molar refractivity (Wildman–Crippen MR) is 107 cm³/mol. The molecule has 0 bridgehead atoms. The van der Waals surface area contributed by atoms with Gasteiger partial charge in [-0.1, -0.05) is 29.8 Å². The zero-order valence-corrected chi connectivity index (χ0v) is 16.2. The average molecular weight is 383 g/mol. The molecule has 28 heavy (non-hydrogen) atoms. The Balaban J connectivity index is 1.96. The van der Waals surface area contributed by atoms with Gasteiger partial charge < -0.3 is 21.1 Å². The Labute approximate surface area is 164 Å². The number of anilines is 1. The largest absolute Gasteiger partial charge is 0.464 e. The molecular weight excluding hydrogens is 358 g/mol. The van der Waals surface area contributed by atoms with E-state index in [1.54, 1.807) is 38.1 Å². The third-order valence-electron chi connectivity index (χ3n) is 4.12. The van der Waals surface area contributed by atoms with E-state index < -0.39 is 24.0 Å². The summed E-state index contributed by atoms with van der Waals surface area (Å²) in [6, 6.07) is 12.2. The van der Waals surface area contributed by atoms with Crippen molar-refractivity contribution < 1.29 is 19.1 Å². The third-order valence-corrected chi connectivity index (χ3v) is 4.12. The minimum Gasteiger partial charge on any atom is -0.464 e. The second kappa shape index (κ2) is 9.66. The van der Waals surface area contributed by atoms with Crippen LogP contribution in [0.5, 0.6) is 0 Å². The van der Waals surface area contributed by atoms with Crippen molar-refractivity contribution in [2.75, 3.05) is 11.9 Å². The minimum atomic E-state index is -0.797. The number of hydrogen-bond donors (Lipinski definition) is 3. The number of hydrogen-bond acceptors (Lipinski definition) is 5. The topological polar surface area (TPSA) is 111 Å². The second-order valence-electron chi connectivity index (χ2n) is 6.40. The summed E-state index contributed by atoms with van der Waals surface area (Å²) < 4.78 is 4.86. The van der Waals surface area contributed by atoms with Crippen LogP contribution in [0.4, 0.5) is 5.69 Å². The number of ether oxygens (including phenoxy) is 1. The van der Waals surface area contributed by atoms with Crippen LogP contribution in [-0.2, 0) is 14.3 Å². The van der Waals surface area contributed by atoms with E-state index in [9.17, 15) is 14.4 Å². The molecule has 0 aliphatic rings. The number of carbonyl (C=O) groups excluding carboxylic acids is 3. The molecule has 0 fully saturated rings. The quantitative estimate of drug-likeness (QED) is 0.636.